The average molecular weight is 218 g/mol. The minimum absolute atomic E-state index is 0.0101. The van der Waals surface area contributed by atoms with Crippen molar-refractivity contribution in [3.8, 4) is 0 Å². The molecule has 1 saturated heterocycles. The largest absolute Gasteiger partial charge is 0.391 e. The van der Waals surface area contributed by atoms with Crippen molar-refractivity contribution >= 4 is 0 Å². The van der Waals surface area contributed by atoms with Crippen LogP contribution in [0.25, 0.3) is 0 Å². The molecule has 0 saturated carbocycles. The molecule has 0 radical (unpaired) electrons. The fourth-order valence-corrected chi connectivity index (χ4v) is 1.68. The van der Waals surface area contributed by atoms with Gasteiger partial charge in [-0.15, -0.1) is 0 Å². The first kappa shape index (κ1) is 12.4. The van der Waals surface area contributed by atoms with Gasteiger partial charge in [0.2, 0.25) is 5.92 Å². The van der Waals surface area contributed by atoms with E-state index in [0.29, 0.717) is 19.0 Å². The number of nitrogens with one attached hydrogen (secondary N) is 1. The van der Waals surface area contributed by atoms with Gasteiger partial charge in [-0.2, -0.15) is 0 Å². The van der Waals surface area contributed by atoms with Crippen molar-refractivity contribution in [3.05, 3.63) is 12.8 Å². The van der Waals surface area contributed by atoms with Gasteiger partial charge in [0, 0.05) is 32.0 Å². The van der Waals surface area contributed by atoms with E-state index in [0.717, 1.165) is 13.0 Å². The maximum atomic E-state index is 13.2. The second-order valence-corrected chi connectivity index (χ2v) is 4.25. The first-order valence-electron chi connectivity index (χ1n) is 5.47. The molecule has 1 fully saturated rings. The van der Waals surface area contributed by atoms with E-state index >= 15 is 0 Å². The zero-order valence-corrected chi connectivity index (χ0v) is 9.31. The molecule has 0 aromatic heterocycles. The monoisotopic (exact) mass is 218 g/mol. The van der Waals surface area contributed by atoms with E-state index in [1.165, 1.54) is 6.20 Å². The standard InChI is InChI=1S/C11H20F2N2/c1-3-14-8-7-11(12,13)6-4-5-10-9-15(10)2/h3,10,14H,1,4-9H2,2H3. The van der Waals surface area contributed by atoms with Gasteiger partial charge in [0.05, 0.1) is 0 Å². The second-order valence-electron chi connectivity index (χ2n) is 4.25. The maximum Gasteiger partial charge on any atom is 0.249 e. The van der Waals surface area contributed by atoms with E-state index in [-0.39, 0.29) is 12.8 Å². The smallest absolute Gasteiger partial charge is 0.249 e. The summed E-state index contributed by atoms with van der Waals surface area (Å²) in [5.74, 6) is -2.52. The molecule has 2 atom stereocenters. The fraction of sp³-hybridized carbons (Fsp3) is 0.818. The Morgan fingerprint density at radius 3 is 2.73 bits per heavy atom. The Balaban J connectivity index is 2.03. The van der Waals surface area contributed by atoms with Crippen LogP contribution < -0.4 is 5.32 Å². The van der Waals surface area contributed by atoms with E-state index in [1.54, 1.807) is 0 Å². The Labute approximate surface area is 90.3 Å². The highest BCUT2D eigenvalue weighted by atomic mass is 19.3. The number of hydrogen-bond donors (Lipinski definition) is 1. The van der Waals surface area contributed by atoms with Gasteiger partial charge in [-0.25, -0.2) is 8.78 Å². The van der Waals surface area contributed by atoms with E-state index in [9.17, 15) is 8.78 Å². The number of hydrogen-bond acceptors (Lipinski definition) is 2. The van der Waals surface area contributed by atoms with E-state index in [4.69, 9.17) is 0 Å². The van der Waals surface area contributed by atoms with Gasteiger partial charge < -0.3 is 10.2 Å². The minimum Gasteiger partial charge on any atom is -0.391 e. The summed E-state index contributed by atoms with van der Waals surface area (Å²) in [5.41, 5.74) is 0. The number of nitrogens with zero attached hydrogens (tertiary/aromatic N) is 1. The van der Waals surface area contributed by atoms with Gasteiger partial charge in [-0.3, -0.25) is 0 Å². The lowest BCUT2D eigenvalue weighted by Crippen LogP contribution is -2.22. The normalized spacial score (nSPS) is 25.0. The van der Waals surface area contributed by atoms with E-state index in [2.05, 4.69) is 16.8 Å². The lowest BCUT2D eigenvalue weighted by atomic mass is 10.1. The molecular formula is C11H20F2N2. The van der Waals surface area contributed by atoms with Crippen molar-refractivity contribution in [1.82, 2.24) is 10.2 Å². The molecule has 0 aromatic rings. The first-order valence-corrected chi connectivity index (χ1v) is 5.47. The molecule has 0 aliphatic carbocycles. The molecule has 1 aliphatic rings. The highest BCUT2D eigenvalue weighted by Gasteiger charge is 2.32. The fourth-order valence-electron chi connectivity index (χ4n) is 1.68. The Morgan fingerprint density at radius 2 is 2.20 bits per heavy atom. The summed E-state index contributed by atoms with van der Waals surface area (Å²) >= 11 is 0. The SMILES string of the molecule is C=CNCCC(F)(F)CCCC1CN1C. The Bertz CT molecular complexity index is 207. The molecule has 0 aromatic carbocycles. The van der Waals surface area contributed by atoms with E-state index < -0.39 is 5.92 Å². The van der Waals surface area contributed by atoms with Gasteiger partial charge >= 0.3 is 0 Å². The molecule has 0 spiro atoms. The van der Waals surface area contributed by atoms with Crippen molar-refractivity contribution in [2.45, 2.75) is 37.6 Å². The van der Waals surface area contributed by atoms with Crippen molar-refractivity contribution in [2.24, 2.45) is 0 Å². The topological polar surface area (TPSA) is 15.0 Å². The van der Waals surface area contributed by atoms with Crippen LogP contribution in [-0.2, 0) is 0 Å². The lowest BCUT2D eigenvalue weighted by Gasteiger charge is -2.15. The van der Waals surface area contributed by atoms with Crippen LogP contribution in [0.1, 0.15) is 25.7 Å². The minimum atomic E-state index is -2.52. The molecule has 2 unspecified atom stereocenters. The molecule has 4 heteroatoms. The molecule has 15 heavy (non-hydrogen) atoms. The van der Waals surface area contributed by atoms with Crippen molar-refractivity contribution in [3.63, 3.8) is 0 Å². The number of halogens is 2. The molecule has 1 aliphatic heterocycles. The van der Waals surface area contributed by atoms with Gasteiger partial charge in [0.15, 0.2) is 0 Å². The number of rotatable bonds is 8. The highest BCUT2D eigenvalue weighted by molar-refractivity contribution is 4.85. The molecular weight excluding hydrogens is 198 g/mol. The lowest BCUT2D eigenvalue weighted by molar-refractivity contribution is -0.0171. The third kappa shape index (κ3) is 5.11. The van der Waals surface area contributed by atoms with Gasteiger partial charge in [0.1, 0.15) is 0 Å². The Hall–Kier alpha value is -0.640. The molecule has 0 amide bonds. The molecule has 1 rings (SSSR count). The zero-order chi connectivity index (χ0) is 11.3. The third-order valence-corrected chi connectivity index (χ3v) is 2.85. The number of alkyl halides is 2. The predicted molar refractivity (Wildman–Crippen MR) is 58.0 cm³/mol. The Morgan fingerprint density at radius 1 is 1.53 bits per heavy atom. The summed E-state index contributed by atoms with van der Waals surface area (Å²) in [5, 5.41) is 2.70. The van der Waals surface area contributed by atoms with Crippen LogP contribution in [0.4, 0.5) is 8.78 Å². The van der Waals surface area contributed by atoms with Gasteiger partial charge in [0.25, 0.3) is 0 Å². The van der Waals surface area contributed by atoms with Crippen LogP contribution in [0.5, 0.6) is 0 Å². The summed E-state index contributed by atoms with van der Waals surface area (Å²) in [6.07, 6.45) is 2.89. The quantitative estimate of drug-likeness (QED) is 0.496. The molecule has 1 N–H and O–H groups in total. The van der Waals surface area contributed by atoms with Crippen molar-refractivity contribution < 1.29 is 8.78 Å². The summed E-state index contributed by atoms with van der Waals surface area (Å²) in [4.78, 5) is 2.18. The summed E-state index contributed by atoms with van der Waals surface area (Å²) in [6.45, 7) is 4.80. The van der Waals surface area contributed by atoms with E-state index in [1.807, 2.05) is 7.05 Å². The second kappa shape index (κ2) is 5.45. The van der Waals surface area contributed by atoms with Crippen LogP contribution in [0.3, 0.4) is 0 Å². The van der Waals surface area contributed by atoms with Crippen LogP contribution in [0, 0.1) is 0 Å². The van der Waals surface area contributed by atoms with Crippen molar-refractivity contribution in [2.75, 3.05) is 20.1 Å². The highest BCUT2D eigenvalue weighted by Crippen LogP contribution is 2.27. The molecule has 0 bridgehead atoms. The number of likely N-dealkylation sites (N-methyl/N-ethyl adjacent to an activating group) is 1. The van der Waals surface area contributed by atoms with Gasteiger partial charge in [-0.1, -0.05) is 6.58 Å². The van der Waals surface area contributed by atoms with Gasteiger partial charge in [-0.05, 0) is 26.1 Å². The molecule has 88 valence electrons. The summed E-state index contributed by atoms with van der Waals surface area (Å²) in [7, 11) is 2.02. The predicted octanol–water partition coefficient (Wildman–Crippen LogP) is 2.23. The van der Waals surface area contributed by atoms with Crippen molar-refractivity contribution in [1.29, 1.82) is 0 Å². The summed E-state index contributed by atoms with van der Waals surface area (Å²) < 4.78 is 26.5. The molecule has 1 heterocycles. The zero-order valence-electron chi connectivity index (χ0n) is 9.31. The maximum absolute atomic E-state index is 13.2. The third-order valence-electron chi connectivity index (χ3n) is 2.85. The van der Waals surface area contributed by atoms with Crippen LogP contribution in [0.15, 0.2) is 12.8 Å². The van der Waals surface area contributed by atoms with Crippen LogP contribution >= 0.6 is 0 Å². The Kier molecular flexibility index (Phi) is 4.51. The molecule has 2 nitrogen and oxygen atoms in total. The first-order chi connectivity index (χ1) is 7.05. The van der Waals surface area contributed by atoms with Crippen LogP contribution in [0.2, 0.25) is 0 Å². The summed E-state index contributed by atoms with van der Waals surface area (Å²) in [6, 6.07) is 0.562. The average Bonchev–Trinajstić information content (AvgIpc) is 2.82. The van der Waals surface area contributed by atoms with Crippen LogP contribution in [-0.4, -0.2) is 37.0 Å².